The predicted molar refractivity (Wildman–Crippen MR) is 117 cm³/mol. The van der Waals surface area contributed by atoms with Crippen LogP contribution >= 0.6 is 43.5 Å². The minimum absolute atomic E-state index is 0.00556. The van der Waals surface area contributed by atoms with Crippen molar-refractivity contribution >= 4 is 65.8 Å². The van der Waals surface area contributed by atoms with Crippen molar-refractivity contribution in [2.24, 2.45) is 4.99 Å². The van der Waals surface area contributed by atoms with Gasteiger partial charge in [-0.2, -0.15) is 0 Å². The molecule has 1 amide bonds. The third-order valence-electron chi connectivity index (χ3n) is 5.60. The molecule has 4 heterocycles. The van der Waals surface area contributed by atoms with Crippen molar-refractivity contribution in [3.8, 4) is 0 Å². The summed E-state index contributed by atoms with van der Waals surface area (Å²) in [6.45, 7) is 4.18. The van der Waals surface area contributed by atoms with Crippen LogP contribution in [0.2, 0.25) is 0 Å². The van der Waals surface area contributed by atoms with Crippen molar-refractivity contribution in [3.05, 3.63) is 62.7 Å². The lowest BCUT2D eigenvalue weighted by Crippen LogP contribution is -2.61. The molecule has 1 N–H and O–H groups in total. The Morgan fingerprint density at radius 2 is 2.07 bits per heavy atom. The SMILES string of the molecule is CC1(C)/C=C\C2=Nc3cc(Br)ccc3[C@@]23CC(=O)N3/C=C(/Cl)c2nc(Br)[nH]c21. The molecule has 1 saturated heterocycles. The van der Waals surface area contributed by atoms with Crippen molar-refractivity contribution in [2.45, 2.75) is 31.2 Å². The normalized spacial score (nSPS) is 27.5. The maximum absolute atomic E-state index is 12.6. The first-order valence-electron chi connectivity index (χ1n) is 8.77. The van der Waals surface area contributed by atoms with Crippen LogP contribution in [0, 0.1) is 0 Å². The number of aromatic amines is 1. The molecule has 3 aliphatic heterocycles. The summed E-state index contributed by atoms with van der Waals surface area (Å²) in [7, 11) is 0. The molecular formula is C20H15Br2ClN4O. The Bertz CT molecular complexity index is 1150. The lowest BCUT2D eigenvalue weighted by atomic mass is 9.74. The topological polar surface area (TPSA) is 61.4 Å². The number of β-lactam (4-membered cyclic amide) rings is 1. The molecule has 28 heavy (non-hydrogen) atoms. The second kappa shape index (κ2) is 5.90. The summed E-state index contributed by atoms with van der Waals surface area (Å²) in [6, 6.07) is 5.99. The molecule has 0 saturated carbocycles. The molecule has 1 spiro atoms. The summed E-state index contributed by atoms with van der Waals surface area (Å²) >= 11 is 13.6. The van der Waals surface area contributed by atoms with Gasteiger partial charge in [0.05, 0.1) is 28.5 Å². The minimum Gasteiger partial charge on any atom is -0.335 e. The monoisotopic (exact) mass is 520 g/mol. The lowest BCUT2D eigenvalue weighted by molar-refractivity contribution is -0.145. The predicted octanol–water partition coefficient (Wildman–Crippen LogP) is 5.53. The van der Waals surface area contributed by atoms with Gasteiger partial charge in [0.15, 0.2) is 4.73 Å². The number of hydrogen-bond donors (Lipinski definition) is 1. The highest BCUT2D eigenvalue weighted by atomic mass is 79.9. The highest BCUT2D eigenvalue weighted by Crippen LogP contribution is 2.53. The van der Waals surface area contributed by atoms with Gasteiger partial charge in [-0.15, -0.1) is 0 Å². The van der Waals surface area contributed by atoms with Gasteiger partial charge < -0.3 is 9.88 Å². The number of allylic oxidation sites excluding steroid dienone is 1. The van der Waals surface area contributed by atoms with E-state index in [9.17, 15) is 4.79 Å². The van der Waals surface area contributed by atoms with E-state index in [1.54, 1.807) is 11.1 Å². The van der Waals surface area contributed by atoms with E-state index in [1.807, 2.05) is 24.3 Å². The van der Waals surface area contributed by atoms with E-state index >= 15 is 0 Å². The summed E-state index contributed by atoms with van der Waals surface area (Å²) in [6.07, 6.45) is 6.18. The molecule has 5 nitrogen and oxygen atoms in total. The second-order valence-electron chi connectivity index (χ2n) is 7.74. The molecule has 1 fully saturated rings. The van der Waals surface area contributed by atoms with E-state index in [4.69, 9.17) is 16.6 Å². The van der Waals surface area contributed by atoms with E-state index in [1.165, 1.54) is 0 Å². The van der Waals surface area contributed by atoms with Gasteiger partial charge >= 0.3 is 0 Å². The number of fused-ring (bicyclic) bond motifs is 2. The zero-order chi connectivity index (χ0) is 19.8. The highest BCUT2D eigenvalue weighted by Gasteiger charge is 2.58. The van der Waals surface area contributed by atoms with Crippen molar-refractivity contribution < 1.29 is 4.79 Å². The summed E-state index contributed by atoms with van der Waals surface area (Å²) in [5.74, 6) is 0.00556. The Balaban J connectivity index is 1.79. The van der Waals surface area contributed by atoms with Gasteiger partial charge in [-0.25, -0.2) is 4.98 Å². The van der Waals surface area contributed by atoms with Crippen LogP contribution in [0.5, 0.6) is 0 Å². The Labute approximate surface area is 183 Å². The van der Waals surface area contributed by atoms with Gasteiger partial charge in [0.1, 0.15) is 11.2 Å². The van der Waals surface area contributed by atoms with Crippen LogP contribution in [0.25, 0.3) is 5.03 Å². The lowest BCUT2D eigenvalue weighted by Gasteiger charge is -2.49. The number of carbonyl (C=O) groups excluding carboxylic acids is 1. The van der Waals surface area contributed by atoms with E-state index in [2.05, 4.69) is 61.8 Å². The van der Waals surface area contributed by atoms with E-state index in [0.29, 0.717) is 21.9 Å². The molecule has 1 aromatic heterocycles. The molecule has 1 atom stereocenters. The number of hydrogen-bond acceptors (Lipinski definition) is 3. The fraction of sp³-hybridized carbons (Fsp3) is 0.250. The van der Waals surface area contributed by atoms with Gasteiger partial charge in [-0.05, 0) is 34.1 Å². The largest absolute Gasteiger partial charge is 0.335 e. The van der Waals surface area contributed by atoms with Crippen molar-refractivity contribution in [3.63, 3.8) is 0 Å². The van der Waals surface area contributed by atoms with Crippen LogP contribution in [-0.2, 0) is 15.7 Å². The van der Waals surface area contributed by atoms with Crippen LogP contribution in [0.4, 0.5) is 5.69 Å². The number of imidazole rings is 1. The third-order valence-corrected chi connectivity index (χ3v) is 6.75. The summed E-state index contributed by atoms with van der Waals surface area (Å²) in [5.41, 5.74) is 3.24. The van der Waals surface area contributed by atoms with Crippen molar-refractivity contribution in [2.75, 3.05) is 0 Å². The number of aliphatic imine (C=N–C) groups is 1. The number of rotatable bonds is 0. The fourth-order valence-electron chi connectivity index (χ4n) is 4.14. The average molecular weight is 523 g/mol. The maximum atomic E-state index is 12.6. The van der Waals surface area contributed by atoms with Crippen LogP contribution in [0.15, 0.2) is 50.7 Å². The molecule has 0 radical (unpaired) electrons. The van der Waals surface area contributed by atoms with Crippen LogP contribution in [0.1, 0.15) is 37.2 Å². The van der Waals surface area contributed by atoms with Gasteiger partial charge in [-0.3, -0.25) is 9.79 Å². The molecule has 3 aliphatic rings. The smallest absolute Gasteiger partial charge is 0.230 e. The molecular weight excluding hydrogens is 508 g/mol. The molecule has 0 aliphatic carbocycles. The van der Waals surface area contributed by atoms with Crippen LogP contribution < -0.4 is 0 Å². The number of halogens is 3. The number of nitrogens with one attached hydrogen (secondary N) is 1. The van der Waals surface area contributed by atoms with Gasteiger partial charge in [0, 0.05) is 21.7 Å². The Morgan fingerprint density at radius 3 is 2.82 bits per heavy atom. The molecule has 1 aromatic carbocycles. The quantitative estimate of drug-likeness (QED) is 0.463. The van der Waals surface area contributed by atoms with Crippen LogP contribution in [-0.4, -0.2) is 26.5 Å². The van der Waals surface area contributed by atoms with E-state index < -0.39 is 5.54 Å². The number of H-pyrrole nitrogens is 1. The molecule has 0 bridgehead atoms. The van der Waals surface area contributed by atoms with Crippen molar-refractivity contribution in [1.82, 2.24) is 14.9 Å². The van der Waals surface area contributed by atoms with E-state index in [0.717, 1.165) is 27.1 Å². The number of nitrogens with zero attached hydrogens (tertiary/aromatic N) is 3. The molecule has 2 aromatic rings. The Kier molecular flexibility index (Phi) is 3.87. The summed E-state index contributed by atoms with van der Waals surface area (Å²) < 4.78 is 1.55. The number of amides is 1. The van der Waals surface area contributed by atoms with Gasteiger partial charge in [-0.1, -0.05) is 53.5 Å². The van der Waals surface area contributed by atoms with Crippen molar-refractivity contribution in [1.29, 1.82) is 0 Å². The number of carbonyl (C=O) groups is 1. The highest BCUT2D eigenvalue weighted by molar-refractivity contribution is 9.10. The summed E-state index contributed by atoms with van der Waals surface area (Å²) in [4.78, 5) is 26.9. The maximum Gasteiger partial charge on any atom is 0.230 e. The average Bonchev–Trinajstić information content (AvgIpc) is 3.17. The van der Waals surface area contributed by atoms with E-state index in [-0.39, 0.29) is 11.3 Å². The van der Waals surface area contributed by atoms with Gasteiger partial charge in [0.2, 0.25) is 5.91 Å². The van der Waals surface area contributed by atoms with Crippen LogP contribution in [0.3, 0.4) is 0 Å². The molecule has 8 heteroatoms. The molecule has 5 rings (SSSR count). The fourth-order valence-corrected chi connectivity index (χ4v) is 5.10. The first kappa shape index (κ1) is 18.3. The third kappa shape index (κ3) is 2.39. The summed E-state index contributed by atoms with van der Waals surface area (Å²) in [5, 5.41) is 0.415. The Morgan fingerprint density at radius 1 is 1.29 bits per heavy atom. The zero-order valence-corrected chi connectivity index (χ0v) is 19.0. The first-order valence-corrected chi connectivity index (χ1v) is 10.7. The number of aromatic nitrogens is 2. The second-order valence-corrected chi connectivity index (χ2v) is 9.82. The first-order chi connectivity index (χ1) is 13.2. The Hall–Kier alpha value is -1.70. The molecule has 0 unspecified atom stereocenters. The molecule has 142 valence electrons. The number of benzene rings is 1. The standard InChI is InChI=1S/C20H15Br2ClN4O/c1-19(2)6-5-14-20(11-4-3-10(21)7-13(11)24-14)8-15(28)27(20)9-12(23)16-17(19)26-18(22)25-16/h3-7,9H,8H2,1-2H3,(H,25,26)/b6-5-,12-9+/t20-/m0/s1. The minimum atomic E-state index is -0.620. The van der Waals surface area contributed by atoms with Gasteiger partial charge in [0.25, 0.3) is 0 Å². The zero-order valence-electron chi connectivity index (χ0n) is 15.1.